The Labute approximate surface area is 131 Å². The fraction of sp³-hybridized carbons (Fsp3) is 0.500. The molecule has 1 unspecified atom stereocenters. The molecule has 0 fully saturated rings. The molecule has 0 radical (unpaired) electrons. The van der Waals surface area contributed by atoms with Gasteiger partial charge in [0, 0.05) is 37.1 Å². The SMILES string of the molecule is CCCNCc1cncc(N(C)C(C)Cc2cccs2)n1. The van der Waals surface area contributed by atoms with Crippen LogP contribution in [-0.2, 0) is 13.0 Å². The molecule has 0 aromatic carbocycles. The van der Waals surface area contributed by atoms with Crippen molar-refractivity contribution in [2.24, 2.45) is 0 Å². The predicted molar refractivity (Wildman–Crippen MR) is 89.9 cm³/mol. The molecule has 0 amide bonds. The Morgan fingerprint density at radius 3 is 2.95 bits per heavy atom. The highest BCUT2D eigenvalue weighted by molar-refractivity contribution is 7.09. The van der Waals surface area contributed by atoms with Crippen LogP contribution in [-0.4, -0.2) is 29.6 Å². The molecular formula is C16H24N4S. The van der Waals surface area contributed by atoms with Crippen LogP contribution in [0.3, 0.4) is 0 Å². The highest BCUT2D eigenvalue weighted by Crippen LogP contribution is 2.17. The van der Waals surface area contributed by atoms with Crippen LogP contribution in [0.25, 0.3) is 0 Å². The Balaban J connectivity index is 1.97. The second-order valence-electron chi connectivity index (χ2n) is 5.29. The van der Waals surface area contributed by atoms with E-state index in [2.05, 4.69) is 53.6 Å². The third kappa shape index (κ3) is 4.79. The molecule has 21 heavy (non-hydrogen) atoms. The maximum atomic E-state index is 4.70. The van der Waals surface area contributed by atoms with Crippen LogP contribution < -0.4 is 10.2 Å². The van der Waals surface area contributed by atoms with Crippen LogP contribution >= 0.6 is 11.3 Å². The minimum atomic E-state index is 0.400. The second-order valence-corrected chi connectivity index (χ2v) is 6.32. The van der Waals surface area contributed by atoms with Gasteiger partial charge in [0.05, 0.1) is 11.9 Å². The van der Waals surface area contributed by atoms with E-state index >= 15 is 0 Å². The van der Waals surface area contributed by atoms with Crippen LogP contribution in [0.5, 0.6) is 0 Å². The lowest BCUT2D eigenvalue weighted by Crippen LogP contribution is -2.31. The van der Waals surface area contributed by atoms with Gasteiger partial charge in [-0.25, -0.2) is 4.98 Å². The summed E-state index contributed by atoms with van der Waals surface area (Å²) < 4.78 is 0. The summed E-state index contributed by atoms with van der Waals surface area (Å²) in [6.45, 7) is 6.18. The van der Waals surface area contributed by atoms with Crippen molar-refractivity contribution in [3.63, 3.8) is 0 Å². The molecule has 0 bridgehead atoms. The van der Waals surface area contributed by atoms with E-state index in [1.807, 2.05) is 23.7 Å². The van der Waals surface area contributed by atoms with E-state index in [0.717, 1.165) is 37.4 Å². The number of hydrogen-bond donors (Lipinski definition) is 1. The maximum Gasteiger partial charge on any atom is 0.147 e. The Bertz CT molecular complexity index is 527. The summed E-state index contributed by atoms with van der Waals surface area (Å²) in [6.07, 6.45) is 5.84. The van der Waals surface area contributed by atoms with E-state index in [1.165, 1.54) is 4.88 Å². The highest BCUT2D eigenvalue weighted by atomic mass is 32.1. The zero-order valence-electron chi connectivity index (χ0n) is 13.0. The van der Waals surface area contributed by atoms with Gasteiger partial charge < -0.3 is 10.2 Å². The lowest BCUT2D eigenvalue weighted by atomic mass is 10.2. The van der Waals surface area contributed by atoms with E-state index in [9.17, 15) is 0 Å². The zero-order valence-corrected chi connectivity index (χ0v) is 13.9. The summed E-state index contributed by atoms with van der Waals surface area (Å²) in [5.41, 5.74) is 0.996. The van der Waals surface area contributed by atoms with Gasteiger partial charge in [-0.1, -0.05) is 13.0 Å². The third-order valence-corrected chi connectivity index (χ3v) is 4.40. The Morgan fingerprint density at radius 1 is 1.38 bits per heavy atom. The number of hydrogen-bond acceptors (Lipinski definition) is 5. The average molecular weight is 304 g/mol. The molecule has 0 aliphatic carbocycles. The van der Waals surface area contributed by atoms with Gasteiger partial charge in [-0.3, -0.25) is 4.98 Å². The van der Waals surface area contributed by atoms with Crippen molar-refractivity contribution >= 4 is 17.2 Å². The van der Waals surface area contributed by atoms with Crippen molar-refractivity contribution in [1.82, 2.24) is 15.3 Å². The lowest BCUT2D eigenvalue weighted by molar-refractivity contribution is 0.650. The molecule has 4 nitrogen and oxygen atoms in total. The first kappa shape index (κ1) is 15.9. The molecular weight excluding hydrogens is 280 g/mol. The van der Waals surface area contributed by atoms with Crippen LogP contribution in [0.2, 0.25) is 0 Å². The zero-order chi connectivity index (χ0) is 15.1. The first-order valence-corrected chi connectivity index (χ1v) is 8.35. The van der Waals surface area contributed by atoms with Crippen molar-refractivity contribution in [3.05, 3.63) is 40.5 Å². The van der Waals surface area contributed by atoms with E-state index in [1.54, 1.807) is 0 Å². The first-order valence-electron chi connectivity index (χ1n) is 7.47. The number of nitrogens with zero attached hydrogens (tertiary/aromatic N) is 3. The number of rotatable bonds is 8. The maximum absolute atomic E-state index is 4.70. The fourth-order valence-corrected chi connectivity index (χ4v) is 2.95. The Morgan fingerprint density at radius 2 is 2.24 bits per heavy atom. The minimum absolute atomic E-state index is 0.400. The van der Waals surface area contributed by atoms with Crippen LogP contribution in [0.4, 0.5) is 5.82 Å². The molecule has 5 heteroatoms. The largest absolute Gasteiger partial charge is 0.355 e. The van der Waals surface area contributed by atoms with Crippen molar-refractivity contribution < 1.29 is 0 Å². The van der Waals surface area contributed by atoms with Gasteiger partial charge in [-0.15, -0.1) is 11.3 Å². The molecule has 0 saturated heterocycles. The first-order chi connectivity index (χ1) is 10.2. The molecule has 2 aromatic heterocycles. The van der Waals surface area contributed by atoms with Gasteiger partial charge >= 0.3 is 0 Å². The number of anilines is 1. The summed E-state index contributed by atoms with van der Waals surface area (Å²) in [5.74, 6) is 0.940. The van der Waals surface area contributed by atoms with Crippen molar-refractivity contribution in [2.45, 2.75) is 39.3 Å². The Kier molecular flexibility index (Phi) is 6.14. The summed E-state index contributed by atoms with van der Waals surface area (Å²) in [6, 6.07) is 4.69. The quantitative estimate of drug-likeness (QED) is 0.761. The lowest BCUT2D eigenvalue weighted by Gasteiger charge is -2.25. The van der Waals surface area contributed by atoms with Crippen molar-refractivity contribution in [1.29, 1.82) is 0 Å². The van der Waals surface area contributed by atoms with Gasteiger partial charge in [-0.2, -0.15) is 0 Å². The summed E-state index contributed by atoms with van der Waals surface area (Å²) in [4.78, 5) is 12.6. The molecule has 1 atom stereocenters. The molecule has 2 rings (SSSR count). The molecule has 0 aliphatic heterocycles. The van der Waals surface area contributed by atoms with Gasteiger partial charge in [-0.05, 0) is 31.3 Å². The number of nitrogens with one attached hydrogen (secondary N) is 1. The molecule has 0 spiro atoms. The molecule has 2 aromatic rings. The molecule has 2 heterocycles. The fourth-order valence-electron chi connectivity index (χ4n) is 2.13. The summed E-state index contributed by atoms with van der Waals surface area (Å²) in [5, 5.41) is 5.49. The molecule has 1 N–H and O–H groups in total. The van der Waals surface area contributed by atoms with Crippen molar-refractivity contribution in [2.75, 3.05) is 18.5 Å². The van der Waals surface area contributed by atoms with Crippen LogP contribution in [0.1, 0.15) is 30.8 Å². The van der Waals surface area contributed by atoms with Crippen LogP contribution in [0.15, 0.2) is 29.9 Å². The third-order valence-electron chi connectivity index (χ3n) is 3.50. The van der Waals surface area contributed by atoms with E-state index in [4.69, 9.17) is 4.98 Å². The highest BCUT2D eigenvalue weighted by Gasteiger charge is 2.13. The van der Waals surface area contributed by atoms with Gasteiger partial charge in [0.1, 0.15) is 5.82 Å². The number of thiophene rings is 1. The van der Waals surface area contributed by atoms with E-state index < -0.39 is 0 Å². The summed E-state index contributed by atoms with van der Waals surface area (Å²) >= 11 is 1.81. The Hall–Kier alpha value is -1.46. The molecule has 0 aliphatic rings. The molecule has 114 valence electrons. The van der Waals surface area contributed by atoms with E-state index in [0.29, 0.717) is 6.04 Å². The summed E-state index contributed by atoms with van der Waals surface area (Å²) in [7, 11) is 2.09. The van der Waals surface area contributed by atoms with Crippen molar-refractivity contribution in [3.8, 4) is 0 Å². The predicted octanol–water partition coefficient (Wildman–Crippen LogP) is 3.11. The molecule has 0 saturated carbocycles. The van der Waals surface area contributed by atoms with Gasteiger partial charge in [0.2, 0.25) is 0 Å². The van der Waals surface area contributed by atoms with Gasteiger partial charge in [0.25, 0.3) is 0 Å². The normalized spacial score (nSPS) is 12.3. The monoisotopic (exact) mass is 304 g/mol. The number of likely N-dealkylation sites (N-methyl/N-ethyl adjacent to an activating group) is 1. The topological polar surface area (TPSA) is 41.1 Å². The van der Waals surface area contributed by atoms with Gasteiger partial charge in [0.15, 0.2) is 0 Å². The second kappa shape index (κ2) is 8.10. The minimum Gasteiger partial charge on any atom is -0.355 e. The standard InChI is InChI=1S/C16H24N4S/c1-4-7-17-10-14-11-18-12-16(19-14)20(3)13(2)9-15-6-5-8-21-15/h5-6,8,11-13,17H,4,7,9-10H2,1-3H3. The van der Waals surface area contributed by atoms with Crippen LogP contribution in [0, 0.1) is 0 Å². The number of aromatic nitrogens is 2. The average Bonchev–Trinajstić information content (AvgIpc) is 3.00. The smallest absolute Gasteiger partial charge is 0.147 e. The van der Waals surface area contributed by atoms with E-state index in [-0.39, 0.29) is 0 Å².